The Morgan fingerprint density at radius 1 is 1.26 bits per heavy atom. The van der Waals surface area contributed by atoms with Gasteiger partial charge in [-0.1, -0.05) is 12.1 Å². The normalized spacial score (nSPS) is 26.9. The lowest BCUT2D eigenvalue weighted by atomic mass is 9.80. The van der Waals surface area contributed by atoms with Gasteiger partial charge in [-0.3, -0.25) is 10.2 Å². The predicted octanol–water partition coefficient (Wildman–Crippen LogP) is 2.66. The third kappa shape index (κ3) is 2.56. The van der Waals surface area contributed by atoms with Crippen LogP contribution in [0.2, 0.25) is 0 Å². The van der Waals surface area contributed by atoms with Crippen molar-refractivity contribution in [2.45, 2.75) is 18.8 Å². The number of carbonyl (C=O) groups is 1. The van der Waals surface area contributed by atoms with Crippen molar-refractivity contribution < 1.29 is 9.21 Å². The van der Waals surface area contributed by atoms with Crippen LogP contribution in [0.1, 0.15) is 34.9 Å². The number of anilines is 1. The molecule has 2 bridgehead atoms. The third-order valence-electron chi connectivity index (χ3n) is 5.14. The van der Waals surface area contributed by atoms with Gasteiger partial charge in [-0.2, -0.15) is 0 Å². The number of furan rings is 1. The van der Waals surface area contributed by atoms with Crippen LogP contribution in [0.5, 0.6) is 0 Å². The minimum Gasteiger partial charge on any atom is -0.453 e. The first-order chi connectivity index (χ1) is 11.3. The van der Waals surface area contributed by atoms with Gasteiger partial charge >= 0.3 is 0 Å². The Morgan fingerprint density at radius 2 is 2.04 bits per heavy atom. The number of nitrogens with zero attached hydrogens (tertiary/aromatic N) is 1. The van der Waals surface area contributed by atoms with Crippen molar-refractivity contribution >= 4 is 12.0 Å². The molecule has 4 heterocycles. The van der Waals surface area contributed by atoms with Crippen LogP contribution in [-0.2, 0) is 0 Å². The lowest BCUT2D eigenvalue weighted by Crippen LogP contribution is -2.39. The summed E-state index contributed by atoms with van der Waals surface area (Å²) < 4.78 is 5.84. The molecule has 0 aliphatic carbocycles. The van der Waals surface area contributed by atoms with Gasteiger partial charge in [0.15, 0.2) is 12.0 Å². The van der Waals surface area contributed by atoms with Gasteiger partial charge in [-0.15, -0.1) is 0 Å². The van der Waals surface area contributed by atoms with E-state index < -0.39 is 0 Å². The van der Waals surface area contributed by atoms with Gasteiger partial charge in [0, 0.05) is 42.4 Å². The molecule has 3 aliphatic rings. The molecular weight excluding hydrogens is 290 g/mol. The first-order valence-corrected chi connectivity index (χ1v) is 8.18. The number of nitrogen functional groups attached to an aromatic ring is 1. The number of hydrogen-bond donors (Lipinski definition) is 2. The predicted molar refractivity (Wildman–Crippen MR) is 89.0 cm³/mol. The summed E-state index contributed by atoms with van der Waals surface area (Å²) >= 11 is 0. The number of rotatable bonds is 3. The Labute approximate surface area is 135 Å². The first kappa shape index (κ1) is 14.5. The van der Waals surface area contributed by atoms with Gasteiger partial charge < -0.3 is 10.2 Å². The Bertz CT molecular complexity index is 717. The minimum atomic E-state index is 0.342. The van der Waals surface area contributed by atoms with Gasteiger partial charge in [0.05, 0.1) is 0 Å². The summed E-state index contributed by atoms with van der Waals surface area (Å²) in [5.41, 5.74) is 12.3. The van der Waals surface area contributed by atoms with E-state index in [4.69, 9.17) is 10.2 Å². The fourth-order valence-corrected chi connectivity index (χ4v) is 3.89. The van der Waals surface area contributed by atoms with E-state index in [1.165, 1.54) is 12.8 Å². The van der Waals surface area contributed by atoms with Gasteiger partial charge in [0.25, 0.3) is 0 Å². The fraction of sp³-hybridized carbons (Fsp3) is 0.389. The topological polar surface area (TPSA) is 71.5 Å². The van der Waals surface area contributed by atoms with Crippen LogP contribution in [0.4, 0.5) is 5.69 Å². The van der Waals surface area contributed by atoms with E-state index in [1.54, 1.807) is 0 Å². The van der Waals surface area contributed by atoms with Gasteiger partial charge in [-0.25, -0.2) is 5.01 Å². The van der Waals surface area contributed by atoms with E-state index in [2.05, 4.69) is 10.4 Å². The summed E-state index contributed by atoms with van der Waals surface area (Å²) in [6, 6.07) is 9.57. The van der Waals surface area contributed by atoms with Crippen LogP contribution < -0.4 is 11.2 Å². The Kier molecular flexibility index (Phi) is 3.67. The third-order valence-corrected chi connectivity index (χ3v) is 5.14. The summed E-state index contributed by atoms with van der Waals surface area (Å²) in [5, 5.41) is 2.30. The second-order valence-corrected chi connectivity index (χ2v) is 6.43. The quantitative estimate of drug-likeness (QED) is 0.673. The SMILES string of the molecule is Nc1ccccc1-c1oc(C=O)cc1C1CNN2CCC1CC2. The van der Waals surface area contributed by atoms with E-state index in [9.17, 15) is 4.79 Å². The number of para-hydroxylation sites is 1. The molecule has 2 aromatic rings. The second kappa shape index (κ2) is 5.83. The number of fused-ring (bicyclic) bond motifs is 4. The highest BCUT2D eigenvalue weighted by Gasteiger charge is 2.34. The molecule has 0 spiro atoms. The number of piperidine rings is 1. The zero-order valence-electron chi connectivity index (χ0n) is 13.0. The van der Waals surface area contributed by atoms with Crippen LogP contribution in [0, 0.1) is 5.92 Å². The Morgan fingerprint density at radius 3 is 2.78 bits per heavy atom. The van der Waals surface area contributed by atoms with Crippen LogP contribution in [0.25, 0.3) is 11.3 Å². The molecule has 5 rings (SSSR count). The number of benzene rings is 1. The highest BCUT2D eigenvalue weighted by atomic mass is 16.3. The number of hydrogen-bond acceptors (Lipinski definition) is 5. The molecule has 3 aliphatic heterocycles. The maximum absolute atomic E-state index is 11.2. The van der Waals surface area contributed by atoms with Crippen LogP contribution in [-0.4, -0.2) is 30.9 Å². The Balaban J connectivity index is 1.80. The standard InChI is InChI=1S/C18H21N3O2/c19-17-4-2-1-3-14(17)18-15(9-13(11-22)23-18)16-10-20-21-7-5-12(16)6-8-21/h1-4,9,11-12,16,20H,5-8,10,19H2. The molecule has 3 N–H and O–H groups in total. The van der Waals surface area contributed by atoms with Crippen molar-refractivity contribution in [1.82, 2.24) is 10.4 Å². The summed E-state index contributed by atoms with van der Waals surface area (Å²) in [7, 11) is 0. The summed E-state index contributed by atoms with van der Waals surface area (Å²) in [4.78, 5) is 11.2. The van der Waals surface area contributed by atoms with Crippen molar-refractivity contribution in [1.29, 1.82) is 0 Å². The van der Waals surface area contributed by atoms with Crippen molar-refractivity contribution in [3.63, 3.8) is 0 Å². The van der Waals surface area contributed by atoms with Gasteiger partial charge in [0.2, 0.25) is 0 Å². The molecule has 120 valence electrons. The maximum Gasteiger partial charge on any atom is 0.185 e. The first-order valence-electron chi connectivity index (χ1n) is 8.18. The van der Waals surface area contributed by atoms with E-state index in [0.717, 1.165) is 42.8 Å². The van der Waals surface area contributed by atoms with E-state index in [0.29, 0.717) is 23.3 Å². The van der Waals surface area contributed by atoms with Crippen molar-refractivity contribution in [3.05, 3.63) is 41.7 Å². The molecule has 5 nitrogen and oxygen atoms in total. The highest BCUT2D eigenvalue weighted by Crippen LogP contribution is 2.41. The lowest BCUT2D eigenvalue weighted by Gasteiger charge is -2.28. The van der Waals surface area contributed by atoms with E-state index in [-0.39, 0.29) is 0 Å². The number of carbonyl (C=O) groups excluding carboxylic acids is 1. The summed E-state index contributed by atoms with van der Waals surface area (Å²) in [6.07, 6.45) is 3.11. The molecule has 23 heavy (non-hydrogen) atoms. The van der Waals surface area contributed by atoms with E-state index >= 15 is 0 Å². The molecule has 5 heteroatoms. The summed E-state index contributed by atoms with van der Waals surface area (Å²) in [6.45, 7) is 3.05. The average molecular weight is 311 g/mol. The molecule has 1 atom stereocenters. The smallest absolute Gasteiger partial charge is 0.185 e. The largest absolute Gasteiger partial charge is 0.453 e. The highest BCUT2D eigenvalue weighted by molar-refractivity contribution is 5.79. The van der Waals surface area contributed by atoms with Crippen molar-refractivity contribution in [3.8, 4) is 11.3 Å². The Hall–Kier alpha value is -2.11. The number of hydrazine groups is 1. The number of nitrogens with two attached hydrogens (primary N) is 1. The summed E-state index contributed by atoms with van der Waals surface area (Å²) in [5.74, 6) is 2.08. The molecule has 1 aromatic heterocycles. The molecule has 0 amide bonds. The zero-order chi connectivity index (χ0) is 15.8. The molecule has 3 fully saturated rings. The monoisotopic (exact) mass is 311 g/mol. The average Bonchev–Trinajstić information content (AvgIpc) is 2.78. The zero-order valence-corrected chi connectivity index (χ0v) is 13.0. The molecule has 0 radical (unpaired) electrons. The van der Waals surface area contributed by atoms with Crippen LogP contribution in [0.15, 0.2) is 34.7 Å². The van der Waals surface area contributed by atoms with Crippen molar-refractivity contribution in [2.24, 2.45) is 5.92 Å². The molecule has 3 saturated heterocycles. The number of aldehydes is 1. The molecule has 1 aromatic carbocycles. The molecule has 0 saturated carbocycles. The lowest BCUT2D eigenvalue weighted by molar-refractivity contribution is 0.110. The second-order valence-electron chi connectivity index (χ2n) is 6.43. The maximum atomic E-state index is 11.2. The fourth-order valence-electron chi connectivity index (χ4n) is 3.89. The van der Waals surface area contributed by atoms with Crippen LogP contribution in [0.3, 0.4) is 0 Å². The minimum absolute atomic E-state index is 0.342. The van der Waals surface area contributed by atoms with Gasteiger partial charge in [0.1, 0.15) is 5.76 Å². The van der Waals surface area contributed by atoms with Gasteiger partial charge in [-0.05, 0) is 37.0 Å². The van der Waals surface area contributed by atoms with Crippen LogP contribution >= 0.6 is 0 Å². The molecule has 1 unspecified atom stereocenters. The van der Waals surface area contributed by atoms with Crippen molar-refractivity contribution in [2.75, 3.05) is 25.4 Å². The number of nitrogens with one attached hydrogen (secondary N) is 1. The van der Waals surface area contributed by atoms with E-state index in [1.807, 2.05) is 30.3 Å². The molecular formula is C18H21N3O2.